The molecule has 1 aromatic carbocycles. The molecule has 0 unspecified atom stereocenters. The smallest absolute Gasteiger partial charge is 0.248 e. The molecule has 1 aromatic heterocycles. The minimum absolute atomic E-state index is 0.161. The number of benzene rings is 1. The standard InChI is InChI=1S/C16H20N4O/c1-19(2)10-11-20-13-15(12-17-20)18-16(21)9-8-14-6-4-3-5-7-14/h3-9,12-13H,10-11H2,1-2H3,(H,18,21)/b9-8+. The summed E-state index contributed by atoms with van der Waals surface area (Å²) in [6, 6.07) is 9.71. The average molecular weight is 284 g/mol. The lowest BCUT2D eigenvalue weighted by molar-refractivity contribution is -0.111. The Kier molecular flexibility index (Phi) is 5.29. The number of anilines is 1. The molecule has 21 heavy (non-hydrogen) atoms. The Labute approximate surface area is 124 Å². The number of carbonyl (C=O) groups excluding carboxylic acids is 1. The van der Waals surface area contributed by atoms with Crippen LogP contribution in [0.25, 0.3) is 6.08 Å². The molecule has 0 radical (unpaired) electrons. The van der Waals surface area contributed by atoms with Gasteiger partial charge in [0, 0.05) is 18.8 Å². The highest BCUT2D eigenvalue weighted by molar-refractivity contribution is 6.01. The molecule has 1 N–H and O–H groups in total. The van der Waals surface area contributed by atoms with Crippen LogP contribution >= 0.6 is 0 Å². The fraction of sp³-hybridized carbons (Fsp3) is 0.250. The van der Waals surface area contributed by atoms with E-state index in [0.717, 1.165) is 18.7 Å². The van der Waals surface area contributed by atoms with E-state index in [2.05, 4.69) is 15.3 Å². The van der Waals surface area contributed by atoms with Crippen LogP contribution in [0, 0.1) is 0 Å². The minimum atomic E-state index is -0.161. The fourth-order valence-electron chi connectivity index (χ4n) is 1.77. The number of amides is 1. The molecule has 0 bridgehead atoms. The largest absolute Gasteiger partial charge is 0.320 e. The Hall–Kier alpha value is -2.40. The monoisotopic (exact) mass is 284 g/mol. The zero-order chi connectivity index (χ0) is 15.1. The van der Waals surface area contributed by atoms with E-state index in [1.807, 2.05) is 55.3 Å². The van der Waals surface area contributed by atoms with E-state index >= 15 is 0 Å². The number of carbonyl (C=O) groups is 1. The van der Waals surface area contributed by atoms with Gasteiger partial charge in [-0.2, -0.15) is 5.10 Å². The first-order valence-corrected chi connectivity index (χ1v) is 6.85. The van der Waals surface area contributed by atoms with Crippen LogP contribution in [0.2, 0.25) is 0 Å². The van der Waals surface area contributed by atoms with Gasteiger partial charge >= 0.3 is 0 Å². The molecule has 5 heteroatoms. The third kappa shape index (κ3) is 5.24. The van der Waals surface area contributed by atoms with E-state index in [-0.39, 0.29) is 5.91 Å². The summed E-state index contributed by atoms with van der Waals surface area (Å²) >= 11 is 0. The number of aromatic nitrogens is 2. The fourth-order valence-corrected chi connectivity index (χ4v) is 1.77. The highest BCUT2D eigenvalue weighted by Crippen LogP contribution is 2.06. The highest BCUT2D eigenvalue weighted by Gasteiger charge is 2.02. The predicted molar refractivity (Wildman–Crippen MR) is 84.9 cm³/mol. The Morgan fingerprint density at radius 2 is 2.10 bits per heavy atom. The van der Waals surface area contributed by atoms with Gasteiger partial charge in [-0.3, -0.25) is 9.48 Å². The second-order valence-electron chi connectivity index (χ2n) is 5.03. The van der Waals surface area contributed by atoms with Gasteiger partial charge in [-0.1, -0.05) is 30.3 Å². The molecule has 1 heterocycles. The normalized spacial score (nSPS) is 11.2. The average Bonchev–Trinajstić information content (AvgIpc) is 2.91. The van der Waals surface area contributed by atoms with Gasteiger partial charge in [0.2, 0.25) is 5.91 Å². The van der Waals surface area contributed by atoms with Crippen LogP contribution < -0.4 is 5.32 Å². The first kappa shape index (κ1) is 15.0. The molecular weight excluding hydrogens is 264 g/mol. The van der Waals surface area contributed by atoms with Crippen LogP contribution in [0.3, 0.4) is 0 Å². The number of hydrogen-bond donors (Lipinski definition) is 1. The van der Waals surface area contributed by atoms with Crippen LogP contribution in [-0.2, 0) is 11.3 Å². The number of hydrogen-bond acceptors (Lipinski definition) is 3. The highest BCUT2D eigenvalue weighted by atomic mass is 16.1. The molecule has 0 atom stereocenters. The van der Waals surface area contributed by atoms with Crippen LogP contribution in [0.1, 0.15) is 5.56 Å². The summed E-state index contributed by atoms with van der Waals surface area (Å²) in [5.41, 5.74) is 1.70. The van der Waals surface area contributed by atoms with Crippen molar-refractivity contribution in [3.8, 4) is 0 Å². The molecule has 0 saturated carbocycles. The van der Waals surface area contributed by atoms with E-state index in [1.165, 1.54) is 6.08 Å². The third-order valence-corrected chi connectivity index (χ3v) is 2.90. The molecule has 2 aromatic rings. The van der Waals surface area contributed by atoms with Crippen molar-refractivity contribution in [2.24, 2.45) is 0 Å². The van der Waals surface area contributed by atoms with Crippen LogP contribution in [-0.4, -0.2) is 41.2 Å². The summed E-state index contributed by atoms with van der Waals surface area (Å²) in [6.07, 6.45) is 6.79. The van der Waals surface area contributed by atoms with Crippen molar-refractivity contribution in [1.29, 1.82) is 0 Å². The summed E-state index contributed by atoms with van der Waals surface area (Å²) in [6.45, 7) is 1.70. The van der Waals surface area contributed by atoms with Crippen LogP contribution in [0.15, 0.2) is 48.8 Å². The van der Waals surface area contributed by atoms with Gasteiger partial charge in [0.25, 0.3) is 0 Å². The van der Waals surface area contributed by atoms with Crippen molar-refractivity contribution in [3.05, 3.63) is 54.4 Å². The minimum Gasteiger partial charge on any atom is -0.320 e. The molecule has 5 nitrogen and oxygen atoms in total. The Balaban J connectivity index is 1.87. The Bertz CT molecular complexity index is 602. The first-order valence-electron chi connectivity index (χ1n) is 6.85. The van der Waals surface area contributed by atoms with Crippen LogP contribution in [0.4, 0.5) is 5.69 Å². The SMILES string of the molecule is CN(C)CCn1cc(NC(=O)/C=C/c2ccccc2)cn1. The van der Waals surface area contributed by atoms with Crippen molar-refractivity contribution in [3.63, 3.8) is 0 Å². The van der Waals surface area contributed by atoms with Crippen molar-refractivity contribution in [1.82, 2.24) is 14.7 Å². The van der Waals surface area contributed by atoms with Crippen molar-refractivity contribution in [2.45, 2.75) is 6.54 Å². The first-order chi connectivity index (χ1) is 10.1. The quantitative estimate of drug-likeness (QED) is 0.826. The third-order valence-electron chi connectivity index (χ3n) is 2.90. The lowest BCUT2D eigenvalue weighted by Crippen LogP contribution is -2.18. The lowest BCUT2D eigenvalue weighted by atomic mass is 10.2. The van der Waals surface area contributed by atoms with Crippen molar-refractivity contribution in [2.75, 3.05) is 26.0 Å². The molecule has 0 aliphatic rings. The lowest BCUT2D eigenvalue weighted by Gasteiger charge is -2.08. The second kappa shape index (κ2) is 7.40. The van der Waals surface area contributed by atoms with Gasteiger partial charge in [0.05, 0.1) is 18.4 Å². The molecule has 0 aliphatic heterocycles. The van der Waals surface area contributed by atoms with Crippen molar-refractivity contribution < 1.29 is 4.79 Å². The summed E-state index contributed by atoms with van der Waals surface area (Å²) in [5, 5.41) is 7.01. The Morgan fingerprint density at radius 1 is 1.33 bits per heavy atom. The summed E-state index contributed by atoms with van der Waals surface area (Å²) in [4.78, 5) is 13.9. The summed E-state index contributed by atoms with van der Waals surface area (Å²) in [5.74, 6) is -0.161. The molecular formula is C16H20N4O. The van der Waals surface area contributed by atoms with Gasteiger partial charge in [-0.05, 0) is 25.7 Å². The van der Waals surface area contributed by atoms with Crippen molar-refractivity contribution >= 4 is 17.7 Å². The van der Waals surface area contributed by atoms with Gasteiger partial charge in [0.1, 0.15) is 0 Å². The maximum atomic E-state index is 11.8. The topological polar surface area (TPSA) is 50.2 Å². The van der Waals surface area contributed by atoms with Gasteiger partial charge < -0.3 is 10.2 Å². The number of nitrogens with zero attached hydrogens (tertiary/aromatic N) is 3. The predicted octanol–water partition coefficient (Wildman–Crippen LogP) is 2.10. The second-order valence-corrected chi connectivity index (χ2v) is 5.03. The van der Waals surface area contributed by atoms with E-state index in [4.69, 9.17) is 0 Å². The Morgan fingerprint density at radius 3 is 2.81 bits per heavy atom. The van der Waals surface area contributed by atoms with E-state index in [0.29, 0.717) is 5.69 Å². The zero-order valence-corrected chi connectivity index (χ0v) is 12.4. The van der Waals surface area contributed by atoms with Gasteiger partial charge in [0.15, 0.2) is 0 Å². The molecule has 110 valence electrons. The van der Waals surface area contributed by atoms with Crippen LogP contribution in [0.5, 0.6) is 0 Å². The van der Waals surface area contributed by atoms with E-state index in [9.17, 15) is 4.79 Å². The van der Waals surface area contributed by atoms with Gasteiger partial charge in [-0.15, -0.1) is 0 Å². The van der Waals surface area contributed by atoms with Gasteiger partial charge in [-0.25, -0.2) is 0 Å². The molecule has 0 aliphatic carbocycles. The number of likely N-dealkylation sites (N-methyl/N-ethyl adjacent to an activating group) is 1. The van der Waals surface area contributed by atoms with E-state index in [1.54, 1.807) is 12.3 Å². The molecule has 1 amide bonds. The molecule has 2 rings (SSSR count). The molecule has 0 spiro atoms. The number of rotatable bonds is 6. The zero-order valence-electron chi connectivity index (χ0n) is 12.4. The van der Waals surface area contributed by atoms with E-state index < -0.39 is 0 Å². The molecule has 0 saturated heterocycles. The molecule has 0 fully saturated rings. The summed E-state index contributed by atoms with van der Waals surface area (Å²) in [7, 11) is 4.03. The summed E-state index contributed by atoms with van der Waals surface area (Å²) < 4.78 is 1.82. The maximum Gasteiger partial charge on any atom is 0.248 e. The number of nitrogens with one attached hydrogen (secondary N) is 1. The maximum absolute atomic E-state index is 11.8.